The van der Waals surface area contributed by atoms with Gasteiger partial charge >= 0.3 is 6.18 Å². The van der Waals surface area contributed by atoms with Crippen molar-refractivity contribution < 1.29 is 30.7 Å². The quantitative estimate of drug-likeness (QED) is 0.249. The molecule has 0 spiro atoms. The highest BCUT2D eigenvalue weighted by Crippen LogP contribution is 2.47. The molecule has 0 aromatic heterocycles. The maximum absolute atomic E-state index is 15.3. The van der Waals surface area contributed by atoms with E-state index < -0.39 is 35.0 Å². The second-order valence-electron chi connectivity index (χ2n) is 12.3. The highest BCUT2D eigenvalue weighted by atomic mass is 19.4. The van der Waals surface area contributed by atoms with E-state index >= 15 is 8.78 Å². The number of alkyl halides is 3. The molecular formula is C33H37F7. The van der Waals surface area contributed by atoms with Crippen LogP contribution in [-0.4, -0.2) is 0 Å². The van der Waals surface area contributed by atoms with Crippen molar-refractivity contribution in [2.45, 2.75) is 101 Å². The molecule has 7 heteroatoms. The monoisotopic (exact) mass is 566 g/mol. The summed E-state index contributed by atoms with van der Waals surface area (Å²) < 4.78 is 97.5. The summed E-state index contributed by atoms with van der Waals surface area (Å²) in [6.45, 7) is 3.93. The third-order valence-corrected chi connectivity index (χ3v) is 10.1. The Morgan fingerprint density at radius 3 is 1.35 bits per heavy atom. The predicted molar refractivity (Wildman–Crippen MR) is 142 cm³/mol. The highest BCUT2D eigenvalue weighted by Gasteiger charge is 2.39. The molecule has 40 heavy (non-hydrogen) atoms. The predicted octanol–water partition coefficient (Wildman–Crippen LogP) is 11.0. The summed E-state index contributed by atoms with van der Waals surface area (Å²) in [7, 11) is 0. The Hall–Kier alpha value is -2.31. The molecule has 0 nitrogen and oxygen atoms in total. The van der Waals surface area contributed by atoms with E-state index in [0.717, 1.165) is 49.3 Å². The summed E-state index contributed by atoms with van der Waals surface area (Å²) in [5.41, 5.74) is -0.961. The number of rotatable bonds is 5. The largest absolute Gasteiger partial charge is 0.422 e. The molecule has 5 rings (SSSR count). The Bertz CT molecular complexity index is 1150. The second-order valence-corrected chi connectivity index (χ2v) is 12.3. The van der Waals surface area contributed by atoms with Crippen molar-refractivity contribution in [1.29, 1.82) is 0 Å². The van der Waals surface area contributed by atoms with Gasteiger partial charge in [-0.3, -0.25) is 0 Å². The van der Waals surface area contributed by atoms with E-state index in [1.54, 1.807) is 0 Å². The fraction of sp³-hybridized carbons (Fsp3) is 0.576. The van der Waals surface area contributed by atoms with Gasteiger partial charge in [-0.15, -0.1) is 6.58 Å². The molecule has 0 radical (unpaired) electrons. The maximum atomic E-state index is 15.3. The van der Waals surface area contributed by atoms with Crippen molar-refractivity contribution in [2.75, 3.05) is 0 Å². The van der Waals surface area contributed by atoms with Gasteiger partial charge in [-0.1, -0.05) is 6.08 Å². The molecule has 0 amide bonds. The van der Waals surface area contributed by atoms with Crippen molar-refractivity contribution in [2.24, 2.45) is 17.8 Å². The van der Waals surface area contributed by atoms with E-state index in [0.29, 0.717) is 37.5 Å². The average molecular weight is 567 g/mol. The minimum Gasteiger partial charge on any atom is -0.207 e. The van der Waals surface area contributed by atoms with Crippen LogP contribution in [0.3, 0.4) is 0 Å². The molecule has 0 heterocycles. The van der Waals surface area contributed by atoms with Gasteiger partial charge in [0.05, 0.1) is 0 Å². The Labute approximate surface area is 232 Å². The van der Waals surface area contributed by atoms with Gasteiger partial charge in [0.15, 0.2) is 0 Å². The van der Waals surface area contributed by atoms with Crippen LogP contribution >= 0.6 is 0 Å². The lowest BCUT2D eigenvalue weighted by atomic mass is 9.68. The highest BCUT2D eigenvalue weighted by molar-refractivity contribution is 5.34. The summed E-state index contributed by atoms with van der Waals surface area (Å²) in [6, 6.07) is 4.47. The summed E-state index contributed by atoms with van der Waals surface area (Å²) in [6.07, 6.45) is 7.49. The minimum absolute atomic E-state index is 0.0552. The van der Waals surface area contributed by atoms with Crippen LogP contribution in [0.4, 0.5) is 30.7 Å². The smallest absolute Gasteiger partial charge is 0.207 e. The van der Waals surface area contributed by atoms with Crippen molar-refractivity contribution in [3.05, 3.63) is 82.4 Å². The lowest BCUT2D eigenvalue weighted by molar-refractivity contribution is -0.142. The first-order chi connectivity index (χ1) is 19.0. The number of hydrogen-bond acceptors (Lipinski definition) is 0. The third kappa shape index (κ3) is 6.13. The summed E-state index contributed by atoms with van der Waals surface area (Å²) in [4.78, 5) is 0. The number of benzene rings is 2. The van der Waals surface area contributed by atoms with Crippen LogP contribution in [-0.2, 0) is 6.18 Å². The van der Waals surface area contributed by atoms with Crippen LogP contribution in [0.1, 0.15) is 117 Å². The molecule has 3 aliphatic rings. The SMILES string of the molecule is C=CC1CCC(C2CCC(c3cc(F)c(C4CCC(c5cc(F)c(C(F)(F)F)c(F)c5)CC4)c(F)c3)CC2)CC1. The first kappa shape index (κ1) is 29.2. The number of allylic oxidation sites excluding steroid dienone is 1. The molecular weight excluding hydrogens is 529 g/mol. The zero-order chi connectivity index (χ0) is 28.6. The van der Waals surface area contributed by atoms with E-state index in [2.05, 4.69) is 12.7 Å². The van der Waals surface area contributed by atoms with Gasteiger partial charge in [0.2, 0.25) is 0 Å². The van der Waals surface area contributed by atoms with Gasteiger partial charge in [-0.25, -0.2) is 17.6 Å². The van der Waals surface area contributed by atoms with E-state index in [1.807, 2.05) is 0 Å². The fourth-order valence-corrected chi connectivity index (χ4v) is 7.82. The maximum Gasteiger partial charge on any atom is 0.422 e. The third-order valence-electron chi connectivity index (χ3n) is 10.1. The Morgan fingerprint density at radius 2 is 0.925 bits per heavy atom. The molecule has 0 aliphatic heterocycles. The van der Waals surface area contributed by atoms with Gasteiger partial charge in [0.1, 0.15) is 28.8 Å². The topological polar surface area (TPSA) is 0 Å². The van der Waals surface area contributed by atoms with E-state index in [9.17, 15) is 22.0 Å². The molecule has 3 aliphatic carbocycles. The van der Waals surface area contributed by atoms with Crippen LogP contribution in [0, 0.1) is 41.0 Å². The molecule has 3 saturated carbocycles. The molecule has 0 unspecified atom stereocenters. The molecule has 0 atom stereocenters. The van der Waals surface area contributed by atoms with E-state index in [-0.39, 0.29) is 28.9 Å². The normalized spacial score (nSPS) is 29.8. The number of halogens is 7. The van der Waals surface area contributed by atoms with Crippen molar-refractivity contribution in [1.82, 2.24) is 0 Å². The molecule has 3 fully saturated rings. The summed E-state index contributed by atoms with van der Waals surface area (Å²) >= 11 is 0. The summed E-state index contributed by atoms with van der Waals surface area (Å²) in [5.74, 6) is -2.87. The van der Waals surface area contributed by atoms with Gasteiger partial charge in [0, 0.05) is 5.56 Å². The van der Waals surface area contributed by atoms with Gasteiger partial charge < -0.3 is 0 Å². The zero-order valence-electron chi connectivity index (χ0n) is 22.7. The lowest BCUT2D eigenvalue weighted by Gasteiger charge is -2.37. The molecule has 0 N–H and O–H groups in total. The summed E-state index contributed by atoms with van der Waals surface area (Å²) in [5, 5.41) is 0. The Morgan fingerprint density at radius 1 is 0.550 bits per heavy atom. The van der Waals surface area contributed by atoms with Crippen molar-refractivity contribution in [3.8, 4) is 0 Å². The Kier molecular flexibility index (Phi) is 8.68. The molecule has 0 saturated heterocycles. The standard InChI is InChI=1S/C33H37F7/c1-2-19-3-5-20(6-4-19)21-7-9-22(10-8-21)25-15-27(34)31(28(35)16-25)24-13-11-23(12-14-24)26-17-29(36)32(30(37)18-26)33(38,39)40/h2,15-24H,1,3-14H2. The van der Waals surface area contributed by atoms with Crippen LogP contribution < -0.4 is 0 Å². The first-order valence-electron chi connectivity index (χ1n) is 14.7. The fourth-order valence-electron chi connectivity index (χ4n) is 7.82. The van der Waals surface area contributed by atoms with E-state index in [4.69, 9.17) is 0 Å². The van der Waals surface area contributed by atoms with Crippen LogP contribution in [0.5, 0.6) is 0 Å². The first-order valence-corrected chi connectivity index (χ1v) is 14.7. The lowest BCUT2D eigenvalue weighted by Crippen LogP contribution is -2.25. The van der Waals surface area contributed by atoms with Crippen LogP contribution in [0.25, 0.3) is 0 Å². The van der Waals surface area contributed by atoms with Gasteiger partial charge in [0.25, 0.3) is 0 Å². The zero-order valence-corrected chi connectivity index (χ0v) is 22.7. The van der Waals surface area contributed by atoms with E-state index in [1.165, 1.54) is 37.8 Å². The average Bonchev–Trinajstić information content (AvgIpc) is 2.92. The van der Waals surface area contributed by atoms with Crippen molar-refractivity contribution >= 4 is 0 Å². The molecule has 2 aromatic rings. The number of hydrogen-bond donors (Lipinski definition) is 0. The molecule has 0 bridgehead atoms. The second kappa shape index (κ2) is 11.9. The van der Waals surface area contributed by atoms with Crippen molar-refractivity contribution in [3.63, 3.8) is 0 Å². The molecule has 2 aromatic carbocycles. The minimum atomic E-state index is -5.12. The van der Waals surface area contributed by atoms with Crippen LogP contribution in [0.15, 0.2) is 36.9 Å². The van der Waals surface area contributed by atoms with Crippen LogP contribution in [0.2, 0.25) is 0 Å². The molecule has 218 valence electrons. The van der Waals surface area contributed by atoms with Gasteiger partial charge in [-0.05, 0) is 148 Å². The van der Waals surface area contributed by atoms with Gasteiger partial charge in [-0.2, -0.15) is 13.2 Å². The Balaban J connectivity index is 1.20.